The van der Waals surface area contributed by atoms with Gasteiger partial charge in [-0.15, -0.1) is 0 Å². The fraction of sp³-hybridized carbons (Fsp3) is 0.333. The first-order valence-corrected chi connectivity index (χ1v) is 7.30. The molecule has 8 nitrogen and oxygen atoms in total. The lowest BCUT2D eigenvalue weighted by Gasteiger charge is -2.07. The summed E-state index contributed by atoms with van der Waals surface area (Å²) in [4.78, 5) is 21.3. The molecule has 0 amide bonds. The fourth-order valence-corrected chi connectivity index (χ4v) is 2.46. The Morgan fingerprint density at radius 3 is 1.95 bits per heavy atom. The Morgan fingerprint density at radius 1 is 1.00 bits per heavy atom. The lowest BCUT2D eigenvalue weighted by molar-refractivity contribution is 0.0696. The molecular weight excluding hydrogens is 304 g/mol. The minimum atomic E-state index is -4.26. The van der Waals surface area contributed by atoms with Gasteiger partial charge in [0.1, 0.15) is 0 Å². The highest BCUT2D eigenvalue weighted by molar-refractivity contribution is 7.86. The molecule has 0 saturated heterocycles. The molecule has 116 valence electrons. The molecule has 1 aromatic carbocycles. The minimum absolute atomic E-state index is 0.110. The lowest BCUT2D eigenvalue weighted by atomic mass is 10.1. The van der Waals surface area contributed by atoms with Crippen molar-refractivity contribution in [3.63, 3.8) is 0 Å². The molecule has 0 heterocycles. The van der Waals surface area contributed by atoms with Crippen LogP contribution in [0.4, 0.5) is 0 Å². The first kappa shape index (κ1) is 17.1. The standard InChI is InChI=1S/C12H14O8S/c13-3-1-2-4-20-21(18,19)10-6-8(11(14)15)5-9(7-10)12(16)17/h5-7,13H,1-4H2,(H,14,15)(H,16,17). The van der Waals surface area contributed by atoms with Crippen molar-refractivity contribution in [1.82, 2.24) is 0 Å². The van der Waals surface area contributed by atoms with Gasteiger partial charge in [0, 0.05) is 6.61 Å². The van der Waals surface area contributed by atoms with E-state index in [4.69, 9.17) is 15.3 Å². The maximum absolute atomic E-state index is 11.9. The van der Waals surface area contributed by atoms with Gasteiger partial charge in [-0.2, -0.15) is 8.42 Å². The van der Waals surface area contributed by atoms with E-state index >= 15 is 0 Å². The number of aliphatic hydroxyl groups is 1. The van der Waals surface area contributed by atoms with Crippen LogP contribution in [0.1, 0.15) is 33.6 Å². The van der Waals surface area contributed by atoms with Gasteiger partial charge in [0.15, 0.2) is 0 Å². The van der Waals surface area contributed by atoms with Crippen LogP contribution in [0.15, 0.2) is 23.1 Å². The van der Waals surface area contributed by atoms with E-state index in [0.29, 0.717) is 12.8 Å². The van der Waals surface area contributed by atoms with Crippen LogP contribution < -0.4 is 0 Å². The number of rotatable bonds is 8. The van der Waals surface area contributed by atoms with Gasteiger partial charge >= 0.3 is 11.9 Å². The average molecular weight is 318 g/mol. The number of aliphatic hydroxyl groups excluding tert-OH is 1. The molecule has 0 saturated carbocycles. The van der Waals surface area contributed by atoms with Gasteiger partial charge in [0.2, 0.25) is 0 Å². The van der Waals surface area contributed by atoms with Crippen LogP contribution in [0.25, 0.3) is 0 Å². The molecular formula is C12H14O8S. The van der Waals surface area contributed by atoms with Crippen molar-refractivity contribution >= 4 is 22.1 Å². The van der Waals surface area contributed by atoms with Gasteiger partial charge in [-0.1, -0.05) is 0 Å². The van der Waals surface area contributed by atoms with Crippen molar-refractivity contribution in [2.45, 2.75) is 17.7 Å². The van der Waals surface area contributed by atoms with E-state index in [1.807, 2.05) is 0 Å². The van der Waals surface area contributed by atoms with E-state index in [-0.39, 0.29) is 13.2 Å². The maximum Gasteiger partial charge on any atom is 0.335 e. The monoisotopic (exact) mass is 318 g/mol. The van der Waals surface area contributed by atoms with Crippen LogP contribution in [0.3, 0.4) is 0 Å². The zero-order valence-electron chi connectivity index (χ0n) is 10.9. The summed E-state index contributed by atoms with van der Waals surface area (Å²) in [6, 6.07) is 2.52. The molecule has 0 aromatic heterocycles. The third-order valence-electron chi connectivity index (χ3n) is 2.48. The summed E-state index contributed by atoms with van der Waals surface area (Å²) in [5.74, 6) is -2.90. The number of carboxylic acids is 2. The molecule has 0 bridgehead atoms. The van der Waals surface area contributed by atoms with Crippen LogP contribution in [0.5, 0.6) is 0 Å². The van der Waals surface area contributed by atoms with Crippen molar-refractivity contribution in [1.29, 1.82) is 0 Å². The van der Waals surface area contributed by atoms with Crippen molar-refractivity contribution in [2.24, 2.45) is 0 Å². The number of benzene rings is 1. The summed E-state index contributed by atoms with van der Waals surface area (Å²) in [7, 11) is -4.26. The molecule has 9 heteroatoms. The van der Waals surface area contributed by atoms with Crippen molar-refractivity contribution in [3.05, 3.63) is 29.3 Å². The van der Waals surface area contributed by atoms with E-state index in [2.05, 4.69) is 4.18 Å². The van der Waals surface area contributed by atoms with E-state index in [0.717, 1.165) is 18.2 Å². The molecule has 1 aromatic rings. The second kappa shape index (κ2) is 7.16. The number of carbonyl (C=O) groups is 2. The third-order valence-corrected chi connectivity index (χ3v) is 3.77. The Balaban J connectivity index is 3.10. The van der Waals surface area contributed by atoms with Gasteiger partial charge in [-0.05, 0) is 31.0 Å². The third kappa shape index (κ3) is 4.81. The first-order valence-electron chi connectivity index (χ1n) is 5.90. The molecule has 0 unspecified atom stereocenters. The number of unbranched alkanes of at least 4 members (excludes halogenated alkanes) is 1. The van der Waals surface area contributed by atoms with Gasteiger partial charge in [0.25, 0.3) is 10.1 Å². The molecule has 0 fully saturated rings. The van der Waals surface area contributed by atoms with Gasteiger partial charge < -0.3 is 15.3 Å². The highest BCUT2D eigenvalue weighted by atomic mass is 32.2. The van der Waals surface area contributed by atoms with Crippen LogP contribution in [0.2, 0.25) is 0 Å². The smallest absolute Gasteiger partial charge is 0.335 e. The van der Waals surface area contributed by atoms with E-state index in [1.165, 1.54) is 0 Å². The lowest BCUT2D eigenvalue weighted by Crippen LogP contribution is -2.11. The van der Waals surface area contributed by atoms with E-state index in [1.54, 1.807) is 0 Å². The number of hydrogen-bond acceptors (Lipinski definition) is 6. The summed E-state index contributed by atoms with van der Waals surface area (Å²) in [6.45, 7) is -0.302. The summed E-state index contributed by atoms with van der Waals surface area (Å²) in [5.41, 5.74) is -0.931. The van der Waals surface area contributed by atoms with Crippen molar-refractivity contribution in [3.8, 4) is 0 Å². The van der Waals surface area contributed by atoms with E-state index in [9.17, 15) is 18.0 Å². The Morgan fingerprint density at radius 2 is 1.52 bits per heavy atom. The summed E-state index contributed by atoms with van der Waals surface area (Å²) in [6.07, 6.45) is 0.644. The average Bonchev–Trinajstić information content (AvgIpc) is 2.43. The van der Waals surface area contributed by atoms with Crippen LogP contribution in [0, 0.1) is 0 Å². The van der Waals surface area contributed by atoms with Crippen molar-refractivity contribution in [2.75, 3.05) is 13.2 Å². The Kier molecular flexibility index (Phi) is 5.82. The number of hydrogen-bond donors (Lipinski definition) is 3. The highest BCUT2D eigenvalue weighted by Gasteiger charge is 2.20. The maximum atomic E-state index is 11.9. The SMILES string of the molecule is O=C(O)c1cc(C(=O)O)cc(S(=O)(=O)OCCCCO)c1. The molecule has 0 aliphatic heterocycles. The topological polar surface area (TPSA) is 138 Å². The first-order chi connectivity index (χ1) is 9.77. The molecule has 0 atom stereocenters. The predicted molar refractivity (Wildman–Crippen MR) is 69.8 cm³/mol. The number of aromatic carboxylic acids is 2. The van der Waals surface area contributed by atoms with Crippen molar-refractivity contribution < 1.29 is 37.5 Å². The van der Waals surface area contributed by atoms with Gasteiger partial charge in [0.05, 0.1) is 22.6 Å². The minimum Gasteiger partial charge on any atom is -0.478 e. The highest BCUT2D eigenvalue weighted by Crippen LogP contribution is 2.18. The Hall–Kier alpha value is -1.97. The molecule has 0 spiro atoms. The second-order valence-electron chi connectivity index (χ2n) is 4.06. The molecule has 0 aliphatic rings. The molecule has 0 radical (unpaired) electrons. The molecule has 3 N–H and O–H groups in total. The fourth-order valence-electron chi connectivity index (χ4n) is 1.44. The number of carboxylic acid groups (broad SMARTS) is 2. The van der Waals surface area contributed by atoms with E-state index < -0.39 is 38.1 Å². The zero-order valence-corrected chi connectivity index (χ0v) is 11.7. The molecule has 1 rings (SSSR count). The van der Waals surface area contributed by atoms with Gasteiger partial charge in [-0.25, -0.2) is 9.59 Å². The van der Waals surface area contributed by atoms with Gasteiger partial charge in [-0.3, -0.25) is 4.18 Å². The molecule has 21 heavy (non-hydrogen) atoms. The summed E-state index contributed by atoms with van der Waals surface area (Å²) >= 11 is 0. The summed E-state index contributed by atoms with van der Waals surface area (Å²) in [5, 5.41) is 26.3. The summed E-state index contributed by atoms with van der Waals surface area (Å²) < 4.78 is 28.4. The zero-order chi connectivity index (χ0) is 16.0. The Labute approximate surface area is 120 Å². The quantitative estimate of drug-likeness (QED) is 0.467. The predicted octanol–water partition coefficient (Wildman–Crippen LogP) is 0.561. The largest absolute Gasteiger partial charge is 0.478 e. The van der Waals surface area contributed by atoms with Crippen LogP contribution in [-0.4, -0.2) is 48.9 Å². The molecule has 0 aliphatic carbocycles. The normalized spacial score (nSPS) is 11.3. The van der Waals surface area contributed by atoms with Crippen LogP contribution >= 0.6 is 0 Å². The second-order valence-corrected chi connectivity index (χ2v) is 5.68. The van der Waals surface area contributed by atoms with Crippen LogP contribution in [-0.2, 0) is 14.3 Å². The Bertz CT molecular complexity index is 602.